The van der Waals surface area contributed by atoms with E-state index < -0.39 is 6.10 Å². The number of halogens is 1. The van der Waals surface area contributed by atoms with E-state index in [4.69, 9.17) is 0 Å². The minimum Gasteiger partial charge on any atom is -0.384 e. The number of rotatable bonds is 0. The van der Waals surface area contributed by atoms with Gasteiger partial charge in [-0.05, 0) is 64.8 Å². The highest BCUT2D eigenvalue weighted by atomic mass is 127. The first-order valence-corrected chi connectivity index (χ1v) is 6.91. The smallest absolute Gasteiger partial charge is 0.248 e. The van der Waals surface area contributed by atoms with Gasteiger partial charge in [0.25, 0.3) is 0 Å². The number of aliphatic hydroxyl groups excluding tert-OH is 1. The van der Waals surface area contributed by atoms with Crippen molar-refractivity contribution < 1.29 is 5.11 Å². The molecule has 3 rings (SSSR count). The zero-order valence-corrected chi connectivity index (χ0v) is 11.8. The third-order valence-corrected chi connectivity index (χ3v) is 4.05. The van der Waals surface area contributed by atoms with Crippen LogP contribution in [0.15, 0.2) is 35.1 Å². The summed E-state index contributed by atoms with van der Waals surface area (Å²) in [6, 6.07) is 9.32. The molecule has 1 aliphatic rings. The molecule has 18 heavy (non-hydrogen) atoms. The maximum atomic E-state index is 11.3. The Hall–Kier alpha value is -1.14. The Morgan fingerprint density at radius 2 is 2.00 bits per heavy atom. The highest BCUT2D eigenvalue weighted by Gasteiger charge is 2.22. The fraction of sp³-hybridized carbons (Fsp3) is 0.214. The third-order valence-electron chi connectivity index (χ3n) is 3.38. The third kappa shape index (κ3) is 1.99. The summed E-state index contributed by atoms with van der Waals surface area (Å²) in [6.45, 7) is 0. The number of pyridine rings is 1. The average molecular weight is 353 g/mol. The van der Waals surface area contributed by atoms with Crippen LogP contribution in [0.3, 0.4) is 0 Å². The summed E-state index contributed by atoms with van der Waals surface area (Å²) < 4.78 is 1.11. The molecule has 1 atom stereocenters. The SMILES string of the molecule is O=c1ccc2c([nH]1)CCc1ccc(I)cc1C2O. The zero-order chi connectivity index (χ0) is 12.7. The molecular weight excluding hydrogens is 341 g/mol. The van der Waals surface area contributed by atoms with Gasteiger partial charge in [0.05, 0.1) is 0 Å². The first-order valence-electron chi connectivity index (χ1n) is 5.83. The van der Waals surface area contributed by atoms with Crippen LogP contribution in [0.1, 0.15) is 28.5 Å². The molecule has 1 aromatic heterocycles. The Balaban J connectivity index is 2.20. The Labute approximate surface area is 118 Å². The number of aromatic amines is 1. The maximum absolute atomic E-state index is 11.3. The van der Waals surface area contributed by atoms with Crippen LogP contribution in [0.2, 0.25) is 0 Å². The van der Waals surface area contributed by atoms with Gasteiger partial charge in [0, 0.05) is 20.9 Å². The van der Waals surface area contributed by atoms with Gasteiger partial charge in [-0.25, -0.2) is 0 Å². The van der Waals surface area contributed by atoms with E-state index in [0.29, 0.717) is 0 Å². The van der Waals surface area contributed by atoms with Crippen molar-refractivity contribution >= 4 is 22.6 Å². The van der Waals surface area contributed by atoms with E-state index in [1.807, 2.05) is 12.1 Å². The van der Waals surface area contributed by atoms with E-state index in [-0.39, 0.29) is 5.56 Å². The molecule has 0 bridgehead atoms. The second-order valence-corrected chi connectivity index (χ2v) is 5.75. The van der Waals surface area contributed by atoms with Crippen LogP contribution in [-0.2, 0) is 12.8 Å². The summed E-state index contributed by atoms with van der Waals surface area (Å²) in [4.78, 5) is 14.2. The van der Waals surface area contributed by atoms with Crippen molar-refractivity contribution in [2.75, 3.05) is 0 Å². The minimum atomic E-state index is -0.649. The summed E-state index contributed by atoms with van der Waals surface area (Å²) in [7, 11) is 0. The van der Waals surface area contributed by atoms with Crippen molar-refractivity contribution in [3.63, 3.8) is 0 Å². The van der Waals surface area contributed by atoms with Gasteiger partial charge in [-0.1, -0.05) is 6.07 Å². The van der Waals surface area contributed by atoms with Crippen molar-refractivity contribution in [3.05, 3.63) is 66.6 Å². The molecule has 0 fully saturated rings. The molecule has 4 heteroatoms. The van der Waals surface area contributed by atoms with Crippen LogP contribution in [0.5, 0.6) is 0 Å². The lowest BCUT2D eigenvalue weighted by Crippen LogP contribution is -2.11. The summed E-state index contributed by atoms with van der Waals surface area (Å²) >= 11 is 2.24. The number of aromatic nitrogens is 1. The predicted molar refractivity (Wildman–Crippen MR) is 77.7 cm³/mol. The Morgan fingerprint density at radius 1 is 1.17 bits per heavy atom. The van der Waals surface area contributed by atoms with Crippen LogP contribution in [0.25, 0.3) is 0 Å². The standard InChI is InChI=1S/C14H12INO2/c15-9-3-1-8-2-5-12-10(4-6-13(17)16-12)14(18)11(8)7-9/h1,3-4,6-7,14,18H,2,5H2,(H,16,17). The summed E-state index contributed by atoms with van der Waals surface area (Å²) in [6.07, 6.45) is 0.954. The van der Waals surface area contributed by atoms with E-state index in [0.717, 1.165) is 38.8 Å². The Kier molecular flexibility index (Phi) is 2.99. The predicted octanol–water partition coefficient (Wildman–Crippen LogP) is 2.16. The molecule has 1 aliphatic carbocycles. The van der Waals surface area contributed by atoms with Gasteiger partial charge in [-0.2, -0.15) is 0 Å². The van der Waals surface area contributed by atoms with Gasteiger partial charge in [0.2, 0.25) is 5.56 Å². The number of aryl methyl sites for hydroxylation is 2. The van der Waals surface area contributed by atoms with Crippen molar-refractivity contribution in [2.24, 2.45) is 0 Å². The molecular formula is C14H12INO2. The lowest BCUT2D eigenvalue weighted by Gasteiger charge is -2.14. The molecule has 1 unspecified atom stereocenters. The zero-order valence-electron chi connectivity index (χ0n) is 9.61. The molecule has 0 radical (unpaired) electrons. The van der Waals surface area contributed by atoms with E-state index >= 15 is 0 Å². The number of aliphatic hydroxyl groups is 1. The van der Waals surface area contributed by atoms with Crippen LogP contribution in [0.4, 0.5) is 0 Å². The Morgan fingerprint density at radius 3 is 2.83 bits per heavy atom. The van der Waals surface area contributed by atoms with Gasteiger partial charge in [0.1, 0.15) is 6.10 Å². The summed E-state index contributed by atoms with van der Waals surface area (Å²) in [5.74, 6) is 0. The second kappa shape index (κ2) is 4.51. The number of nitrogens with one attached hydrogen (secondary N) is 1. The average Bonchev–Trinajstić information content (AvgIpc) is 2.48. The molecule has 0 amide bonds. The lowest BCUT2D eigenvalue weighted by molar-refractivity contribution is 0.219. The van der Waals surface area contributed by atoms with Gasteiger partial charge in [-0.15, -0.1) is 0 Å². The van der Waals surface area contributed by atoms with Gasteiger partial charge in [-0.3, -0.25) is 4.79 Å². The first kappa shape index (κ1) is 11.9. The number of fused-ring (bicyclic) bond motifs is 2. The molecule has 2 N–H and O–H groups in total. The molecule has 0 spiro atoms. The molecule has 0 saturated heterocycles. The van der Waals surface area contributed by atoms with Crippen LogP contribution in [-0.4, -0.2) is 10.1 Å². The summed E-state index contributed by atoms with van der Waals surface area (Å²) in [5.41, 5.74) is 3.66. The van der Waals surface area contributed by atoms with Crippen molar-refractivity contribution in [3.8, 4) is 0 Å². The van der Waals surface area contributed by atoms with Crippen molar-refractivity contribution in [1.29, 1.82) is 0 Å². The van der Waals surface area contributed by atoms with Crippen molar-refractivity contribution in [1.82, 2.24) is 4.98 Å². The van der Waals surface area contributed by atoms with Crippen LogP contribution < -0.4 is 5.56 Å². The maximum Gasteiger partial charge on any atom is 0.248 e. The fourth-order valence-corrected chi connectivity index (χ4v) is 2.98. The van der Waals surface area contributed by atoms with Gasteiger partial charge in [0.15, 0.2) is 0 Å². The molecule has 3 nitrogen and oxygen atoms in total. The molecule has 1 aromatic carbocycles. The number of hydrogen-bond acceptors (Lipinski definition) is 2. The van der Waals surface area contributed by atoms with Crippen LogP contribution >= 0.6 is 22.6 Å². The van der Waals surface area contributed by atoms with E-state index in [1.165, 1.54) is 6.07 Å². The monoisotopic (exact) mass is 353 g/mol. The molecule has 92 valence electrons. The van der Waals surface area contributed by atoms with Crippen molar-refractivity contribution in [2.45, 2.75) is 18.9 Å². The minimum absolute atomic E-state index is 0.110. The number of H-pyrrole nitrogens is 1. The van der Waals surface area contributed by atoms with Gasteiger partial charge >= 0.3 is 0 Å². The highest BCUT2D eigenvalue weighted by Crippen LogP contribution is 2.31. The molecule has 2 aromatic rings. The molecule has 0 saturated carbocycles. The molecule has 1 heterocycles. The Bertz CT molecular complexity index is 663. The number of hydrogen-bond donors (Lipinski definition) is 2. The highest BCUT2D eigenvalue weighted by molar-refractivity contribution is 14.1. The lowest BCUT2D eigenvalue weighted by atomic mass is 9.99. The van der Waals surface area contributed by atoms with E-state index in [2.05, 4.69) is 33.6 Å². The van der Waals surface area contributed by atoms with E-state index in [1.54, 1.807) is 6.07 Å². The molecule has 0 aliphatic heterocycles. The first-order chi connectivity index (χ1) is 8.65. The van der Waals surface area contributed by atoms with Gasteiger partial charge < -0.3 is 10.1 Å². The summed E-state index contributed by atoms with van der Waals surface area (Å²) in [5, 5.41) is 10.5. The normalized spacial score (nSPS) is 17.8. The van der Waals surface area contributed by atoms with Crippen LogP contribution in [0, 0.1) is 3.57 Å². The van der Waals surface area contributed by atoms with E-state index in [9.17, 15) is 9.90 Å². The second-order valence-electron chi connectivity index (χ2n) is 4.50. The largest absolute Gasteiger partial charge is 0.384 e. The fourth-order valence-electron chi connectivity index (χ4n) is 2.47. The number of benzene rings is 1. The quantitative estimate of drug-likeness (QED) is 0.714. The topological polar surface area (TPSA) is 53.1 Å².